The van der Waals surface area contributed by atoms with Gasteiger partial charge in [0.1, 0.15) is 6.10 Å². The molecule has 3 fully saturated rings. The van der Waals surface area contributed by atoms with Gasteiger partial charge in [0.2, 0.25) is 0 Å². The van der Waals surface area contributed by atoms with Gasteiger partial charge in [0, 0.05) is 41.8 Å². The molecule has 1 aromatic carbocycles. The van der Waals surface area contributed by atoms with Gasteiger partial charge in [0.25, 0.3) is 0 Å². The summed E-state index contributed by atoms with van der Waals surface area (Å²) in [5.41, 5.74) is 3.92. The van der Waals surface area contributed by atoms with Crippen LogP contribution in [0.2, 0.25) is 0 Å². The molecule has 2 aromatic rings. The number of piperidine rings is 3. The smallest absolute Gasteiger partial charge is 0.340 e. The van der Waals surface area contributed by atoms with Crippen molar-refractivity contribution in [1.82, 2.24) is 9.88 Å². The Morgan fingerprint density at radius 2 is 2.19 bits per heavy atom. The number of aromatic amines is 1. The van der Waals surface area contributed by atoms with Crippen LogP contribution in [0.15, 0.2) is 36.2 Å². The highest BCUT2D eigenvalue weighted by molar-refractivity contribution is 6.04. The number of aliphatic hydroxyl groups is 1. The number of fused-ring (bicyclic) bond motifs is 2. The van der Waals surface area contributed by atoms with Crippen LogP contribution in [-0.2, 0) is 4.74 Å². The molecule has 3 saturated heterocycles. The summed E-state index contributed by atoms with van der Waals surface area (Å²) in [7, 11) is 0. The van der Waals surface area contributed by atoms with E-state index in [1.165, 1.54) is 5.70 Å². The van der Waals surface area contributed by atoms with Gasteiger partial charge in [-0.05, 0) is 43.9 Å². The van der Waals surface area contributed by atoms with Crippen LogP contribution in [0.4, 0.5) is 0 Å². The third-order valence-corrected chi connectivity index (χ3v) is 5.98. The lowest BCUT2D eigenvalue weighted by Gasteiger charge is -2.53. The van der Waals surface area contributed by atoms with Gasteiger partial charge in [-0.3, -0.25) is 0 Å². The number of allylic oxidation sites excluding steroid dienone is 1. The summed E-state index contributed by atoms with van der Waals surface area (Å²) in [5, 5.41) is 11.0. The van der Waals surface area contributed by atoms with Crippen molar-refractivity contribution >= 4 is 29.3 Å². The molecule has 0 spiro atoms. The Hall–Kier alpha value is -1.98. The molecule has 6 rings (SSSR count). The van der Waals surface area contributed by atoms with Crippen LogP contribution in [0.5, 0.6) is 0 Å². The highest BCUT2D eigenvalue weighted by Gasteiger charge is 2.45. The maximum Gasteiger partial charge on any atom is 0.340 e. The zero-order valence-corrected chi connectivity index (χ0v) is 15.5. The lowest BCUT2D eigenvalue weighted by molar-refractivity contribution is -0.0511. The molecule has 4 atom stereocenters. The number of carbonyl (C=O) groups is 1. The van der Waals surface area contributed by atoms with Gasteiger partial charge in [0.05, 0.1) is 11.7 Å². The number of benzene rings is 1. The van der Waals surface area contributed by atoms with Crippen molar-refractivity contribution < 1.29 is 14.6 Å². The van der Waals surface area contributed by atoms with E-state index in [1.807, 2.05) is 25.1 Å². The number of nitrogens with zero attached hydrogens (tertiary/aromatic N) is 1. The van der Waals surface area contributed by atoms with E-state index in [-0.39, 0.29) is 30.6 Å². The summed E-state index contributed by atoms with van der Waals surface area (Å²) in [6.45, 7) is 2.75. The predicted octanol–water partition coefficient (Wildman–Crippen LogP) is 3.17. The number of esters is 1. The molecule has 5 nitrogen and oxygen atoms in total. The molecule has 26 heavy (non-hydrogen) atoms. The molecule has 1 aromatic heterocycles. The number of halogens is 1. The maximum absolute atomic E-state index is 12.7. The first kappa shape index (κ1) is 17.4. The number of carbonyl (C=O) groups excluding carboxylic acids is 1. The molecular formula is C20H23ClN2O3. The Morgan fingerprint density at radius 3 is 2.96 bits per heavy atom. The molecule has 5 heterocycles. The standard InChI is InChI=1S/C20H22N2O3.ClH/c1-11-2-3-18-16(4-11)17(9-21-18)20(24)25-15-7-13-5-12-6-14(8-15)22(13)10-19(12)23;/h2-4,7,9,12,14-15,19,21,23H,5-6,8,10H2,1H3;1H. The lowest BCUT2D eigenvalue weighted by Crippen LogP contribution is -2.57. The van der Waals surface area contributed by atoms with Gasteiger partial charge in [-0.2, -0.15) is 0 Å². The summed E-state index contributed by atoms with van der Waals surface area (Å²) in [6.07, 6.45) is 6.17. The van der Waals surface area contributed by atoms with E-state index in [9.17, 15) is 9.90 Å². The van der Waals surface area contributed by atoms with Crippen molar-refractivity contribution in [1.29, 1.82) is 0 Å². The first-order chi connectivity index (χ1) is 12.1. The van der Waals surface area contributed by atoms with Crippen molar-refractivity contribution in [3.63, 3.8) is 0 Å². The van der Waals surface area contributed by atoms with E-state index in [0.717, 1.165) is 42.3 Å². The normalized spacial score (nSPS) is 29.3. The summed E-state index contributed by atoms with van der Waals surface area (Å²) >= 11 is 0. The predicted molar refractivity (Wildman–Crippen MR) is 101 cm³/mol. The first-order valence-electron chi connectivity index (χ1n) is 9.02. The van der Waals surface area contributed by atoms with E-state index < -0.39 is 0 Å². The van der Waals surface area contributed by atoms with Gasteiger partial charge in [-0.1, -0.05) is 11.6 Å². The number of nitrogens with one attached hydrogen (secondary N) is 1. The summed E-state index contributed by atoms with van der Waals surface area (Å²) in [5.74, 6) is 0.105. The molecule has 0 saturated carbocycles. The van der Waals surface area contributed by atoms with Gasteiger partial charge in [-0.25, -0.2) is 4.79 Å². The Bertz CT molecular complexity index is 890. The second-order valence-corrected chi connectivity index (χ2v) is 7.66. The van der Waals surface area contributed by atoms with Crippen LogP contribution in [0.3, 0.4) is 0 Å². The van der Waals surface area contributed by atoms with E-state index in [0.29, 0.717) is 17.5 Å². The molecular weight excluding hydrogens is 352 g/mol. The third kappa shape index (κ3) is 2.70. The molecule has 0 radical (unpaired) electrons. The molecule has 138 valence electrons. The van der Waals surface area contributed by atoms with Crippen LogP contribution < -0.4 is 0 Å². The zero-order valence-electron chi connectivity index (χ0n) is 14.6. The Kier molecular flexibility index (Phi) is 4.24. The first-order valence-corrected chi connectivity index (χ1v) is 9.02. The molecule has 4 unspecified atom stereocenters. The second kappa shape index (κ2) is 6.32. The second-order valence-electron chi connectivity index (χ2n) is 7.66. The van der Waals surface area contributed by atoms with Crippen LogP contribution in [-0.4, -0.2) is 45.8 Å². The summed E-state index contributed by atoms with van der Waals surface area (Å²) in [4.78, 5) is 18.2. The highest BCUT2D eigenvalue weighted by Crippen LogP contribution is 2.43. The average molecular weight is 375 g/mol. The van der Waals surface area contributed by atoms with Crippen molar-refractivity contribution in [3.8, 4) is 0 Å². The van der Waals surface area contributed by atoms with Crippen LogP contribution in [0, 0.1) is 12.8 Å². The van der Waals surface area contributed by atoms with Crippen LogP contribution in [0.1, 0.15) is 35.2 Å². The maximum atomic E-state index is 12.7. The topological polar surface area (TPSA) is 65.6 Å². The van der Waals surface area contributed by atoms with E-state index in [4.69, 9.17) is 4.74 Å². The van der Waals surface area contributed by atoms with E-state index in [2.05, 4.69) is 16.0 Å². The van der Waals surface area contributed by atoms with Gasteiger partial charge in [-0.15, -0.1) is 12.4 Å². The number of aliphatic hydroxyl groups excluding tert-OH is 1. The molecule has 0 amide bonds. The van der Waals surface area contributed by atoms with Gasteiger partial charge < -0.3 is 19.7 Å². The number of aryl methyl sites for hydroxylation is 1. The highest BCUT2D eigenvalue weighted by atomic mass is 35.5. The third-order valence-electron chi connectivity index (χ3n) is 5.98. The number of rotatable bonds is 2. The SMILES string of the molecule is Cc1ccc2[nH]cc(C(=O)OC3C=C4CC5CC(C3)N4CC5O)c2c1.Cl. The van der Waals surface area contributed by atoms with E-state index in [1.54, 1.807) is 6.20 Å². The molecule has 0 aliphatic carbocycles. The number of hydrogen-bond acceptors (Lipinski definition) is 4. The van der Waals surface area contributed by atoms with E-state index >= 15 is 0 Å². The number of ether oxygens (including phenoxy) is 1. The largest absolute Gasteiger partial charge is 0.454 e. The van der Waals surface area contributed by atoms with Gasteiger partial charge in [0.15, 0.2) is 0 Å². The quantitative estimate of drug-likeness (QED) is 0.792. The Labute approximate surface area is 158 Å². The van der Waals surface area contributed by atoms with Crippen molar-refractivity contribution in [2.45, 2.75) is 44.4 Å². The van der Waals surface area contributed by atoms with Crippen LogP contribution in [0.25, 0.3) is 10.9 Å². The molecule has 4 aliphatic heterocycles. The average Bonchev–Trinajstić information content (AvgIpc) is 2.98. The number of hydrogen-bond donors (Lipinski definition) is 2. The monoisotopic (exact) mass is 374 g/mol. The van der Waals surface area contributed by atoms with Gasteiger partial charge >= 0.3 is 5.97 Å². The zero-order chi connectivity index (χ0) is 17.1. The molecule has 4 bridgehead atoms. The van der Waals surface area contributed by atoms with Crippen LogP contribution >= 0.6 is 12.4 Å². The Morgan fingerprint density at radius 1 is 1.35 bits per heavy atom. The fourth-order valence-electron chi connectivity index (χ4n) is 4.71. The summed E-state index contributed by atoms with van der Waals surface area (Å²) in [6, 6.07) is 6.43. The molecule has 4 aliphatic rings. The van der Waals surface area contributed by atoms with Crippen molar-refractivity contribution in [3.05, 3.63) is 47.3 Å². The van der Waals surface area contributed by atoms with Crippen molar-refractivity contribution in [2.24, 2.45) is 5.92 Å². The minimum atomic E-state index is -0.265. The Balaban J connectivity index is 0.00000168. The van der Waals surface area contributed by atoms with Crippen molar-refractivity contribution in [2.75, 3.05) is 6.54 Å². The lowest BCUT2D eigenvalue weighted by atomic mass is 9.75. The summed E-state index contributed by atoms with van der Waals surface area (Å²) < 4.78 is 5.83. The number of H-pyrrole nitrogens is 1. The number of aromatic nitrogens is 1. The molecule has 2 N–H and O–H groups in total. The fraction of sp³-hybridized carbons (Fsp3) is 0.450. The minimum absolute atomic E-state index is 0. The minimum Gasteiger partial charge on any atom is -0.454 e. The molecule has 6 heteroatoms. The fourth-order valence-corrected chi connectivity index (χ4v) is 4.71.